The summed E-state index contributed by atoms with van der Waals surface area (Å²) >= 11 is 0. The molecule has 0 radical (unpaired) electrons. The molecule has 150 valence electrons. The van der Waals surface area contributed by atoms with Crippen LogP contribution in [0.1, 0.15) is 12.8 Å². The summed E-state index contributed by atoms with van der Waals surface area (Å²) in [4.78, 5) is 13.8. The van der Waals surface area contributed by atoms with Gasteiger partial charge in [-0.05, 0) is 24.3 Å². The highest BCUT2D eigenvalue weighted by Gasteiger charge is 2.26. The Morgan fingerprint density at radius 2 is 1.68 bits per heavy atom. The highest BCUT2D eigenvalue weighted by atomic mass is 32.2. The number of hydrogen-bond acceptors (Lipinski definition) is 7. The molecule has 0 unspecified atom stereocenters. The molecule has 1 aliphatic rings. The van der Waals surface area contributed by atoms with E-state index in [1.165, 1.54) is 33.5 Å². The van der Waals surface area contributed by atoms with Gasteiger partial charge in [-0.15, -0.1) is 0 Å². The van der Waals surface area contributed by atoms with Crippen LogP contribution in [0.2, 0.25) is 0 Å². The first-order valence-electron chi connectivity index (χ1n) is 8.81. The van der Waals surface area contributed by atoms with E-state index in [1.807, 2.05) is 12.1 Å². The average Bonchev–Trinajstić information content (AvgIpc) is 2.73. The van der Waals surface area contributed by atoms with E-state index in [4.69, 9.17) is 20.0 Å². The Bertz CT molecular complexity index is 818. The zero-order valence-corrected chi connectivity index (χ0v) is 16.2. The molecule has 1 aromatic rings. The van der Waals surface area contributed by atoms with Gasteiger partial charge in [-0.2, -0.15) is 14.8 Å². The van der Waals surface area contributed by atoms with Crippen molar-refractivity contribution in [2.75, 3.05) is 46.0 Å². The van der Waals surface area contributed by atoms with Crippen LogP contribution < -0.4 is 4.74 Å². The number of ether oxygens (including phenoxy) is 2. The van der Waals surface area contributed by atoms with Gasteiger partial charge in [0.1, 0.15) is 5.75 Å². The van der Waals surface area contributed by atoms with Crippen LogP contribution in [-0.4, -0.2) is 69.5 Å². The van der Waals surface area contributed by atoms with Crippen molar-refractivity contribution in [3.8, 4) is 17.9 Å². The molecule has 0 saturated carbocycles. The van der Waals surface area contributed by atoms with Crippen LogP contribution in [0.5, 0.6) is 5.75 Å². The molecule has 1 aliphatic heterocycles. The summed E-state index contributed by atoms with van der Waals surface area (Å²) in [7, 11) is -3.58. The predicted molar refractivity (Wildman–Crippen MR) is 98.6 cm³/mol. The van der Waals surface area contributed by atoms with Gasteiger partial charge in [-0.1, -0.05) is 0 Å². The van der Waals surface area contributed by atoms with Gasteiger partial charge in [0.05, 0.1) is 43.1 Å². The number of carbonyl (C=O) groups excluding carboxylic acids is 1. The van der Waals surface area contributed by atoms with Crippen molar-refractivity contribution in [2.24, 2.45) is 0 Å². The van der Waals surface area contributed by atoms with Gasteiger partial charge in [-0.25, -0.2) is 8.42 Å². The molecule has 2 rings (SSSR count). The molecule has 1 fully saturated rings. The summed E-state index contributed by atoms with van der Waals surface area (Å²) < 4.78 is 37.1. The van der Waals surface area contributed by atoms with Crippen molar-refractivity contribution in [3.05, 3.63) is 24.3 Å². The maximum atomic E-state index is 12.6. The Balaban J connectivity index is 1.95. The predicted octanol–water partition coefficient (Wildman–Crippen LogP) is 0.742. The number of nitrogens with zero attached hydrogens (tertiary/aromatic N) is 4. The van der Waals surface area contributed by atoms with E-state index >= 15 is 0 Å². The largest absolute Gasteiger partial charge is 0.484 e. The number of amides is 1. The summed E-state index contributed by atoms with van der Waals surface area (Å²) in [6, 6.07) is 9.80. The molecule has 0 aromatic heterocycles. The minimum absolute atomic E-state index is 0.151. The van der Waals surface area contributed by atoms with Gasteiger partial charge >= 0.3 is 0 Å². The number of carbonyl (C=O) groups is 1. The van der Waals surface area contributed by atoms with E-state index < -0.39 is 10.0 Å². The van der Waals surface area contributed by atoms with Crippen LogP contribution in [0.15, 0.2) is 29.2 Å². The molecule has 0 aliphatic carbocycles. The Labute approximate surface area is 164 Å². The summed E-state index contributed by atoms with van der Waals surface area (Å²) in [5.41, 5.74) is 0. The van der Waals surface area contributed by atoms with E-state index in [2.05, 4.69) is 0 Å². The lowest BCUT2D eigenvalue weighted by atomic mass is 10.3. The van der Waals surface area contributed by atoms with Crippen LogP contribution in [-0.2, 0) is 19.6 Å². The summed E-state index contributed by atoms with van der Waals surface area (Å²) in [6.45, 7) is 1.58. The van der Waals surface area contributed by atoms with Gasteiger partial charge in [0.25, 0.3) is 5.91 Å². The normalized spacial score (nSPS) is 14.6. The monoisotopic (exact) mass is 406 g/mol. The molecule has 10 heteroatoms. The molecule has 1 aromatic carbocycles. The van der Waals surface area contributed by atoms with Crippen molar-refractivity contribution in [1.82, 2.24) is 9.21 Å². The van der Waals surface area contributed by atoms with Crippen LogP contribution in [0.3, 0.4) is 0 Å². The lowest BCUT2D eigenvalue weighted by Gasteiger charge is -2.26. The third-order valence-corrected chi connectivity index (χ3v) is 6.05. The Morgan fingerprint density at radius 3 is 2.21 bits per heavy atom. The topological polar surface area (TPSA) is 124 Å². The molecule has 0 atom stereocenters. The number of rotatable bonds is 9. The van der Waals surface area contributed by atoms with Gasteiger partial charge in [0.2, 0.25) is 10.0 Å². The average molecular weight is 406 g/mol. The molecule has 1 amide bonds. The van der Waals surface area contributed by atoms with Crippen molar-refractivity contribution >= 4 is 15.9 Å². The molecule has 0 spiro atoms. The van der Waals surface area contributed by atoms with Crippen molar-refractivity contribution in [2.45, 2.75) is 17.7 Å². The quantitative estimate of drug-likeness (QED) is 0.592. The maximum absolute atomic E-state index is 12.6. The molecular weight excluding hydrogens is 384 g/mol. The first-order valence-corrected chi connectivity index (χ1v) is 10.3. The summed E-state index contributed by atoms with van der Waals surface area (Å²) in [5.74, 6) is 0.0188. The van der Waals surface area contributed by atoms with Crippen molar-refractivity contribution in [3.63, 3.8) is 0 Å². The lowest BCUT2D eigenvalue weighted by molar-refractivity contribution is -0.133. The van der Waals surface area contributed by atoms with Gasteiger partial charge in [0, 0.05) is 26.2 Å². The summed E-state index contributed by atoms with van der Waals surface area (Å²) in [5, 5.41) is 17.3. The van der Waals surface area contributed by atoms with Crippen LogP contribution in [0.4, 0.5) is 0 Å². The fourth-order valence-corrected chi connectivity index (χ4v) is 4.02. The third kappa shape index (κ3) is 5.92. The number of sulfonamides is 1. The van der Waals surface area contributed by atoms with E-state index in [1.54, 1.807) is 0 Å². The van der Waals surface area contributed by atoms with E-state index in [9.17, 15) is 13.2 Å². The molecule has 0 bridgehead atoms. The number of benzene rings is 1. The highest BCUT2D eigenvalue weighted by molar-refractivity contribution is 7.89. The molecule has 1 saturated heterocycles. The van der Waals surface area contributed by atoms with Gasteiger partial charge in [0.15, 0.2) is 6.61 Å². The molecule has 1 heterocycles. The van der Waals surface area contributed by atoms with Crippen LogP contribution in [0, 0.1) is 22.7 Å². The smallest absolute Gasteiger partial charge is 0.260 e. The molecule has 9 nitrogen and oxygen atoms in total. The fraction of sp³-hybridized carbons (Fsp3) is 0.500. The standard InChI is InChI=1S/C18H22N4O5S/c19-7-1-9-21(10-2-8-20)18(23)15-27-16-3-5-17(6-4-16)28(24,25)22-11-13-26-14-12-22/h3-6H,1-2,9-15H2. The molecule has 28 heavy (non-hydrogen) atoms. The molecular formula is C18H22N4O5S. The van der Waals surface area contributed by atoms with Crippen LogP contribution >= 0.6 is 0 Å². The summed E-state index contributed by atoms with van der Waals surface area (Å²) in [6.07, 6.45) is 0.344. The van der Waals surface area contributed by atoms with Crippen molar-refractivity contribution in [1.29, 1.82) is 10.5 Å². The second-order valence-corrected chi connectivity index (χ2v) is 7.91. The van der Waals surface area contributed by atoms with E-state index in [0.717, 1.165) is 0 Å². The number of hydrogen-bond donors (Lipinski definition) is 0. The van der Waals surface area contributed by atoms with Crippen LogP contribution in [0.25, 0.3) is 0 Å². The maximum Gasteiger partial charge on any atom is 0.260 e. The van der Waals surface area contributed by atoms with E-state index in [0.29, 0.717) is 32.1 Å². The van der Waals surface area contributed by atoms with Crippen molar-refractivity contribution < 1.29 is 22.7 Å². The third-order valence-electron chi connectivity index (χ3n) is 4.13. The second kappa shape index (κ2) is 10.6. The number of nitriles is 2. The Kier molecular flexibility index (Phi) is 8.20. The minimum atomic E-state index is -3.58. The minimum Gasteiger partial charge on any atom is -0.484 e. The second-order valence-electron chi connectivity index (χ2n) is 5.97. The molecule has 0 N–H and O–H groups in total. The first-order chi connectivity index (χ1) is 13.5. The SMILES string of the molecule is N#CCCN(CCC#N)C(=O)COc1ccc(S(=O)(=O)N2CCOCC2)cc1. The van der Waals surface area contributed by atoms with Gasteiger partial charge < -0.3 is 14.4 Å². The fourth-order valence-electron chi connectivity index (χ4n) is 2.61. The zero-order chi connectivity index (χ0) is 20.4. The Hall–Kier alpha value is -2.66. The Morgan fingerprint density at radius 1 is 1.11 bits per heavy atom. The lowest BCUT2D eigenvalue weighted by Crippen LogP contribution is -2.40. The number of morpholine rings is 1. The zero-order valence-electron chi connectivity index (χ0n) is 15.4. The van der Waals surface area contributed by atoms with Gasteiger partial charge in [-0.3, -0.25) is 4.79 Å². The highest BCUT2D eigenvalue weighted by Crippen LogP contribution is 2.20. The van der Waals surface area contributed by atoms with E-state index in [-0.39, 0.29) is 43.3 Å². The first kappa shape index (κ1) is 21.6.